The molecule has 0 aromatic rings. The van der Waals surface area contributed by atoms with Gasteiger partial charge in [-0.15, -0.1) is 0 Å². The van der Waals surface area contributed by atoms with Crippen LogP contribution in [0.2, 0.25) is 0 Å². The zero-order valence-electron chi connectivity index (χ0n) is 11.3. The molecule has 0 bridgehead atoms. The summed E-state index contributed by atoms with van der Waals surface area (Å²) < 4.78 is 4.40. The van der Waals surface area contributed by atoms with Crippen LogP contribution in [-0.4, -0.2) is 23.6 Å². The molecule has 0 aliphatic carbocycles. The second-order valence-electron chi connectivity index (χ2n) is 4.16. The molecule has 0 aromatic carbocycles. The molecule has 0 N–H and O–H groups in total. The van der Waals surface area contributed by atoms with Crippen molar-refractivity contribution in [3.63, 3.8) is 0 Å². The Morgan fingerprint density at radius 1 is 1.47 bits per heavy atom. The van der Waals surface area contributed by atoms with Crippen LogP contribution in [0.15, 0.2) is 0 Å². The molecule has 1 aliphatic heterocycles. The van der Waals surface area contributed by atoms with E-state index in [1.54, 1.807) is 4.90 Å². The molecule has 99 valence electrons. The number of carbonyl (C=O) groups is 1. The molecule has 17 heavy (non-hydrogen) atoms. The van der Waals surface area contributed by atoms with E-state index in [2.05, 4.69) is 25.7 Å². The van der Waals surface area contributed by atoms with Gasteiger partial charge in [0.2, 0.25) is 0 Å². The molecular formula is C13H25NO2Y-2. The first-order chi connectivity index (χ1) is 7.67. The average molecular weight is 316 g/mol. The van der Waals surface area contributed by atoms with Crippen LogP contribution in [0.5, 0.6) is 0 Å². The van der Waals surface area contributed by atoms with Gasteiger partial charge in [0, 0.05) is 45.3 Å². The monoisotopic (exact) mass is 316 g/mol. The van der Waals surface area contributed by atoms with Crippen LogP contribution in [0, 0.1) is 14.0 Å². The second kappa shape index (κ2) is 12.8. The molecule has 3 nitrogen and oxygen atoms in total. The Bertz CT molecular complexity index is 186. The number of hydrogen-bond donors (Lipinski definition) is 0. The van der Waals surface area contributed by atoms with Crippen molar-refractivity contribution in [1.82, 2.24) is 4.90 Å². The Labute approximate surface area is 132 Å². The van der Waals surface area contributed by atoms with Crippen molar-refractivity contribution in [1.29, 1.82) is 0 Å². The Kier molecular flexibility index (Phi) is 14.9. The number of likely N-dealkylation sites (tertiary alicyclic amines) is 1. The summed E-state index contributed by atoms with van der Waals surface area (Å²) >= 11 is 0. The minimum Gasteiger partial charge on any atom is -0.624 e. The Balaban J connectivity index is 0. The first-order valence-electron chi connectivity index (χ1n) is 6.19. The fourth-order valence-electron chi connectivity index (χ4n) is 1.70. The summed E-state index contributed by atoms with van der Waals surface area (Å²) in [6.45, 7) is 8.70. The number of amides is 1. The fourth-order valence-corrected chi connectivity index (χ4v) is 1.70. The van der Waals surface area contributed by atoms with Crippen LogP contribution in [0.3, 0.4) is 0 Å². The summed E-state index contributed by atoms with van der Waals surface area (Å²) in [6, 6.07) is 0.318. The van der Waals surface area contributed by atoms with Gasteiger partial charge in [0.1, 0.15) is 0 Å². The van der Waals surface area contributed by atoms with E-state index in [9.17, 15) is 4.79 Å². The molecular weight excluding hydrogens is 291 g/mol. The van der Waals surface area contributed by atoms with Gasteiger partial charge in [-0.3, -0.25) is 0 Å². The van der Waals surface area contributed by atoms with Crippen molar-refractivity contribution in [3.8, 4) is 0 Å². The molecule has 1 unspecified atom stereocenters. The van der Waals surface area contributed by atoms with Crippen molar-refractivity contribution in [2.24, 2.45) is 0 Å². The van der Waals surface area contributed by atoms with E-state index in [1.807, 2.05) is 6.92 Å². The molecule has 1 saturated heterocycles. The number of piperidine rings is 1. The maximum absolute atomic E-state index is 11.0. The smallest absolute Gasteiger partial charge is 0.377 e. The molecule has 1 rings (SSSR count). The zero-order valence-corrected chi connectivity index (χ0v) is 14.1. The summed E-state index contributed by atoms with van der Waals surface area (Å²) in [5, 5.41) is 0. The summed E-state index contributed by atoms with van der Waals surface area (Å²) in [7, 11) is 3.10. The third kappa shape index (κ3) is 9.01. The van der Waals surface area contributed by atoms with Gasteiger partial charge in [0.15, 0.2) is 0 Å². The predicted octanol–water partition coefficient (Wildman–Crippen LogP) is 3.80. The Morgan fingerprint density at radius 3 is 2.47 bits per heavy atom. The number of ether oxygens (including phenoxy) is 1. The standard InChI is InChI=1S/C8H14NO2.C5H11.Y/c1-7-5-3-4-6-9(7)8(10)11-2;1-3-5-4-2;/h7H,2-6H2,1H3;1,3-5H2,2H3;/q2*-1;. The predicted molar refractivity (Wildman–Crippen MR) is 66.7 cm³/mol. The maximum Gasteiger partial charge on any atom is 0.377 e. The number of unbranched alkanes of at least 4 members (excludes halogenated alkanes) is 2. The number of nitrogens with zero attached hydrogens (tertiary/aromatic N) is 1. The topological polar surface area (TPSA) is 29.5 Å². The summed E-state index contributed by atoms with van der Waals surface area (Å²) in [5.74, 6) is 0. The number of rotatable bonds is 2. The first kappa shape index (κ1) is 19.7. The number of hydrogen-bond acceptors (Lipinski definition) is 2. The SMILES string of the molecule is [CH2-]CCCC.[CH2-]OC(=O)N1CCCCC1C.[Y]. The van der Waals surface area contributed by atoms with Gasteiger partial charge < -0.3 is 16.6 Å². The normalized spacial score (nSPS) is 18.6. The zero-order chi connectivity index (χ0) is 12.4. The van der Waals surface area contributed by atoms with E-state index in [-0.39, 0.29) is 38.8 Å². The van der Waals surface area contributed by atoms with Crippen molar-refractivity contribution >= 4 is 6.09 Å². The Morgan fingerprint density at radius 2 is 2.12 bits per heavy atom. The maximum atomic E-state index is 11.0. The van der Waals surface area contributed by atoms with Crippen molar-refractivity contribution in [3.05, 3.63) is 14.0 Å². The van der Waals surface area contributed by atoms with E-state index in [0.717, 1.165) is 25.8 Å². The molecule has 1 heterocycles. The van der Waals surface area contributed by atoms with Crippen molar-refractivity contribution < 1.29 is 42.2 Å². The minimum atomic E-state index is -0.294. The van der Waals surface area contributed by atoms with E-state index in [1.165, 1.54) is 19.3 Å². The van der Waals surface area contributed by atoms with Crippen molar-refractivity contribution in [2.45, 2.75) is 58.4 Å². The summed E-state index contributed by atoms with van der Waals surface area (Å²) in [5.41, 5.74) is 0. The van der Waals surface area contributed by atoms with Crippen LogP contribution in [0.1, 0.15) is 52.4 Å². The van der Waals surface area contributed by atoms with Crippen LogP contribution in [-0.2, 0) is 37.4 Å². The van der Waals surface area contributed by atoms with Gasteiger partial charge in [0.05, 0.1) is 0 Å². The third-order valence-corrected chi connectivity index (χ3v) is 2.76. The third-order valence-electron chi connectivity index (χ3n) is 2.76. The molecule has 4 heteroatoms. The summed E-state index contributed by atoms with van der Waals surface area (Å²) in [6.07, 6.45) is 6.73. The molecule has 0 saturated carbocycles. The molecule has 1 radical (unpaired) electrons. The molecule has 1 amide bonds. The van der Waals surface area contributed by atoms with Gasteiger partial charge in [-0.1, -0.05) is 19.8 Å². The minimum absolute atomic E-state index is 0. The second-order valence-corrected chi connectivity index (χ2v) is 4.16. The van der Waals surface area contributed by atoms with E-state index in [0.29, 0.717) is 6.04 Å². The summed E-state index contributed by atoms with van der Waals surface area (Å²) in [4.78, 5) is 12.8. The van der Waals surface area contributed by atoms with Crippen LogP contribution < -0.4 is 0 Å². The van der Waals surface area contributed by atoms with Gasteiger partial charge >= 0.3 is 6.09 Å². The quantitative estimate of drug-likeness (QED) is 0.725. The van der Waals surface area contributed by atoms with E-state index in [4.69, 9.17) is 0 Å². The first-order valence-corrected chi connectivity index (χ1v) is 6.19. The fraction of sp³-hybridized carbons (Fsp3) is 0.769. The average Bonchev–Trinajstić information content (AvgIpc) is 2.31. The van der Waals surface area contributed by atoms with Crippen LogP contribution >= 0.6 is 0 Å². The molecule has 0 spiro atoms. The Hall–Kier alpha value is 0.374. The molecule has 0 aromatic heterocycles. The molecule has 1 fully saturated rings. The largest absolute Gasteiger partial charge is 0.624 e. The van der Waals surface area contributed by atoms with Crippen molar-refractivity contribution in [2.75, 3.05) is 6.54 Å². The number of carbonyl (C=O) groups excluding carboxylic acids is 1. The van der Waals surface area contributed by atoms with Gasteiger partial charge in [0.25, 0.3) is 0 Å². The van der Waals surface area contributed by atoms with Crippen LogP contribution in [0.25, 0.3) is 0 Å². The van der Waals surface area contributed by atoms with Gasteiger partial charge in [-0.2, -0.15) is 13.5 Å². The molecule has 1 aliphatic rings. The molecule has 1 atom stereocenters. The van der Waals surface area contributed by atoms with Crippen LogP contribution in [0.4, 0.5) is 4.79 Å². The van der Waals surface area contributed by atoms with E-state index >= 15 is 0 Å². The van der Waals surface area contributed by atoms with Gasteiger partial charge in [-0.05, 0) is 26.2 Å². The van der Waals surface area contributed by atoms with Gasteiger partial charge in [-0.25, -0.2) is 4.79 Å². The van der Waals surface area contributed by atoms with E-state index < -0.39 is 0 Å².